The summed E-state index contributed by atoms with van der Waals surface area (Å²) in [5, 5.41) is 22.6. The van der Waals surface area contributed by atoms with Crippen LogP contribution in [0.4, 0.5) is 0 Å². The summed E-state index contributed by atoms with van der Waals surface area (Å²) in [6, 6.07) is -0.600. The summed E-state index contributed by atoms with van der Waals surface area (Å²) in [5.74, 6) is -0.227. The van der Waals surface area contributed by atoms with E-state index in [2.05, 4.69) is 20.8 Å². The molecule has 15 heavy (non-hydrogen) atoms. The highest BCUT2D eigenvalue weighted by atomic mass is 16.4. The Morgan fingerprint density at radius 1 is 1.67 bits per heavy atom. The van der Waals surface area contributed by atoms with Gasteiger partial charge in [-0.1, -0.05) is 6.92 Å². The number of nitrogens with zero attached hydrogens (tertiary/aromatic N) is 4. The van der Waals surface area contributed by atoms with Crippen molar-refractivity contribution in [3.63, 3.8) is 0 Å². The first kappa shape index (κ1) is 11.6. The van der Waals surface area contributed by atoms with Crippen molar-refractivity contribution < 1.29 is 9.90 Å². The van der Waals surface area contributed by atoms with Crippen LogP contribution < -0.4 is 5.32 Å². The molecule has 0 bridgehead atoms. The maximum atomic E-state index is 10.5. The van der Waals surface area contributed by atoms with Crippen LogP contribution in [0.3, 0.4) is 0 Å². The first-order chi connectivity index (χ1) is 7.15. The minimum Gasteiger partial charge on any atom is -0.480 e. The normalized spacial score (nSPS) is 12.7. The molecule has 0 spiro atoms. The summed E-state index contributed by atoms with van der Waals surface area (Å²) < 4.78 is 1.67. The number of hydrogen-bond donors (Lipinski definition) is 2. The predicted molar refractivity (Wildman–Crippen MR) is 52.0 cm³/mol. The summed E-state index contributed by atoms with van der Waals surface area (Å²) in [4.78, 5) is 10.5. The molecule has 0 fully saturated rings. The van der Waals surface area contributed by atoms with Crippen LogP contribution in [0.25, 0.3) is 0 Å². The Morgan fingerprint density at radius 2 is 2.40 bits per heavy atom. The quantitative estimate of drug-likeness (QED) is 0.670. The summed E-state index contributed by atoms with van der Waals surface area (Å²) >= 11 is 0. The van der Waals surface area contributed by atoms with Crippen LogP contribution >= 0.6 is 0 Å². The summed E-state index contributed by atoms with van der Waals surface area (Å²) in [5.41, 5.74) is 0. The Hall–Kier alpha value is -1.50. The Bertz CT molecular complexity index is 325. The van der Waals surface area contributed by atoms with Crippen LogP contribution in [0.2, 0.25) is 0 Å². The Balaban J connectivity index is 2.49. The molecule has 1 aromatic heterocycles. The molecule has 84 valence electrons. The largest absolute Gasteiger partial charge is 0.480 e. The molecule has 0 radical (unpaired) electrons. The lowest BCUT2D eigenvalue weighted by atomic mass is 10.3. The van der Waals surface area contributed by atoms with Gasteiger partial charge in [0.05, 0.1) is 6.54 Å². The van der Waals surface area contributed by atoms with E-state index >= 15 is 0 Å². The van der Waals surface area contributed by atoms with Crippen molar-refractivity contribution in [1.29, 1.82) is 0 Å². The van der Waals surface area contributed by atoms with Gasteiger partial charge in [0.15, 0.2) is 5.82 Å². The third kappa shape index (κ3) is 3.28. The van der Waals surface area contributed by atoms with Crippen molar-refractivity contribution in [1.82, 2.24) is 25.5 Å². The molecule has 7 heteroatoms. The number of hydrogen-bond acceptors (Lipinski definition) is 5. The monoisotopic (exact) mass is 213 g/mol. The Kier molecular flexibility index (Phi) is 4.17. The number of aryl methyl sites for hydroxylation is 1. The molecule has 7 nitrogen and oxygen atoms in total. The van der Waals surface area contributed by atoms with Crippen molar-refractivity contribution in [2.45, 2.75) is 39.4 Å². The van der Waals surface area contributed by atoms with Crippen molar-refractivity contribution >= 4 is 5.97 Å². The van der Waals surface area contributed by atoms with Gasteiger partial charge in [-0.05, 0) is 23.8 Å². The Labute approximate surface area is 87.5 Å². The van der Waals surface area contributed by atoms with E-state index in [1.165, 1.54) is 0 Å². The molecule has 0 aliphatic heterocycles. The first-order valence-corrected chi connectivity index (χ1v) is 4.86. The van der Waals surface area contributed by atoms with Gasteiger partial charge in [0.1, 0.15) is 6.04 Å². The van der Waals surface area contributed by atoms with Gasteiger partial charge in [-0.25, -0.2) is 4.68 Å². The summed E-state index contributed by atoms with van der Waals surface area (Å²) in [6.07, 6.45) is 0.937. The van der Waals surface area contributed by atoms with Gasteiger partial charge in [-0.15, -0.1) is 5.10 Å². The molecule has 0 saturated carbocycles. The van der Waals surface area contributed by atoms with Crippen LogP contribution in [0, 0.1) is 0 Å². The van der Waals surface area contributed by atoms with E-state index in [1.807, 2.05) is 6.92 Å². The van der Waals surface area contributed by atoms with E-state index in [9.17, 15) is 4.79 Å². The van der Waals surface area contributed by atoms with Gasteiger partial charge in [0.25, 0.3) is 0 Å². The molecule has 0 aromatic carbocycles. The second kappa shape index (κ2) is 5.40. The van der Waals surface area contributed by atoms with Gasteiger partial charge >= 0.3 is 5.97 Å². The molecule has 1 atom stereocenters. The van der Waals surface area contributed by atoms with Crippen LogP contribution in [-0.2, 0) is 17.9 Å². The third-order valence-electron chi connectivity index (χ3n) is 1.98. The second-order valence-corrected chi connectivity index (χ2v) is 3.26. The zero-order chi connectivity index (χ0) is 11.3. The van der Waals surface area contributed by atoms with E-state index in [4.69, 9.17) is 5.11 Å². The van der Waals surface area contributed by atoms with Crippen LogP contribution in [0.1, 0.15) is 26.1 Å². The maximum absolute atomic E-state index is 10.5. The lowest BCUT2D eigenvalue weighted by molar-refractivity contribution is -0.139. The van der Waals surface area contributed by atoms with Gasteiger partial charge in [0, 0.05) is 6.54 Å². The van der Waals surface area contributed by atoms with Crippen LogP contribution in [-0.4, -0.2) is 37.3 Å². The number of rotatable bonds is 6. The molecule has 0 aliphatic carbocycles. The number of carbonyl (C=O) groups is 1. The molecule has 1 heterocycles. The lowest BCUT2D eigenvalue weighted by Crippen LogP contribution is -2.34. The van der Waals surface area contributed by atoms with Crippen molar-refractivity contribution in [2.24, 2.45) is 0 Å². The second-order valence-electron chi connectivity index (χ2n) is 3.26. The van der Waals surface area contributed by atoms with Crippen molar-refractivity contribution in [2.75, 3.05) is 0 Å². The highest BCUT2D eigenvalue weighted by Gasteiger charge is 2.12. The number of aliphatic carboxylic acids is 1. The van der Waals surface area contributed by atoms with Gasteiger partial charge < -0.3 is 5.11 Å². The first-order valence-electron chi connectivity index (χ1n) is 4.86. The third-order valence-corrected chi connectivity index (χ3v) is 1.98. The summed E-state index contributed by atoms with van der Waals surface area (Å²) in [6.45, 7) is 4.71. The van der Waals surface area contributed by atoms with E-state index in [1.54, 1.807) is 11.6 Å². The minimum atomic E-state index is -0.885. The highest BCUT2D eigenvalue weighted by Crippen LogP contribution is 1.94. The molecule has 0 aliphatic rings. The standard InChI is InChI=1S/C8H15N5O2/c1-3-4-13-7(10-11-12-13)5-9-6(2)8(14)15/h6,9H,3-5H2,1-2H3,(H,14,15). The molecule has 1 aromatic rings. The fourth-order valence-corrected chi connectivity index (χ4v) is 1.07. The highest BCUT2D eigenvalue weighted by molar-refractivity contribution is 5.72. The van der Waals surface area contributed by atoms with E-state index in [0.29, 0.717) is 12.4 Å². The average molecular weight is 213 g/mol. The predicted octanol–water partition coefficient (Wildman–Crippen LogP) is -0.354. The number of aromatic nitrogens is 4. The number of carboxylic acid groups (broad SMARTS) is 1. The Morgan fingerprint density at radius 3 is 3.00 bits per heavy atom. The van der Waals surface area contributed by atoms with Crippen LogP contribution in [0.5, 0.6) is 0 Å². The van der Waals surface area contributed by atoms with E-state index in [0.717, 1.165) is 13.0 Å². The topological polar surface area (TPSA) is 92.9 Å². The van der Waals surface area contributed by atoms with Crippen molar-refractivity contribution in [3.8, 4) is 0 Å². The van der Waals surface area contributed by atoms with E-state index in [-0.39, 0.29) is 0 Å². The van der Waals surface area contributed by atoms with Crippen LogP contribution in [0.15, 0.2) is 0 Å². The number of carboxylic acids is 1. The fourth-order valence-electron chi connectivity index (χ4n) is 1.07. The van der Waals surface area contributed by atoms with Crippen molar-refractivity contribution in [3.05, 3.63) is 5.82 Å². The number of tetrazole rings is 1. The zero-order valence-electron chi connectivity index (χ0n) is 8.84. The van der Waals surface area contributed by atoms with Gasteiger partial charge in [0.2, 0.25) is 0 Å². The molecular formula is C8H15N5O2. The smallest absolute Gasteiger partial charge is 0.320 e. The molecule has 0 amide bonds. The molecular weight excluding hydrogens is 198 g/mol. The average Bonchev–Trinajstić information content (AvgIpc) is 2.62. The van der Waals surface area contributed by atoms with E-state index < -0.39 is 12.0 Å². The zero-order valence-corrected chi connectivity index (χ0v) is 8.84. The summed E-state index contributed by atoms with van der Waals surface area (Å²) in [7, 11) is 0. The van der Waals surface area contributed by atoms with Gasteiger partial charge in [-0.2, -0.15) is 0 Å². The lowest BCUT2D eigenvalue weighted by Gasteiger charge is -2.08. The molecule has 1 rings (SSSR count). The minimum absolute atomic E-state index is 0.362. The molecule has 0 saturated heterocycles. The SMILES string of the molecule is CCCn1nnnc1CNC(C)C(=O)O. The molecule has 1 unspecified atom stereocenters. The fraction of sp³-hybridized carbons (Fsp3) is 0.750. The number of nitrogens with one attached hydrogen (secondary N) is 1. The van der Waals surface area contributed by atoms with Gasteiger partial charge in [-0.3, -0.25) is 10.1 Å². The molecule has 2 N–H and O–H groups in total. The maximum Gasteiger partial charge on any atom is 0.320 e.